The smallest absolute Gasteiger partial charge is 0.200 e. The Hall–Kier alpha value is -2.46. The Balaban J connectivity index is 2.01. The summed E-state index contributed by atoms with van der Waals surface area (Å²) in [5.74, 6) is 0.594. The summed E-state index contributed by atoms with van der Waals surface area (Å²) in [5, 5.41) is 10.3. The van der Waals surface area contributed by atoms with Crippen LogP contribution in [0.3, 0.4) is 0 Å². The largest absolute Gasteiger partial charge is 0.504 e. The van der Waals surface area contributed by atoms with Gasteiger partial charge >= 0.3 is 0 Å². The van der Waals surface area contributed by atoms with E-state index < -0.39 is 0 Å². The van der Waals surface area contributed by atoms with Gasteiger partial charge in [-0.1, -0.05) is 30.0 Å². The second-order valence-electron chi connectivity index (χ2n) is 5.39. The van der Waals surface area contributed by atoms with Crippen LogP contribution in [0.5, 0.6) is 11.5 Å². The highest BCUT2D eigenvalue weighted by molar-refractivity contribution is 8.04. The molecule has 4 heteroatoms. The Morgan fingerprint density at radius 1 is 1.29 bits per heavy atom. The Morgan fingerprint density at radius 3 is 2.79 bits per heavy atom. The zero-order valence-corrected chi connectivity index (χ0v) is 14.2. The van der Waals surface area contributed by atoms with Crippen LogP contribution in [0.25, 0.3) is 6.08 Å². The summed E-state index contributed by atoms with van der Waals surface area (Å²) < 4.78 is 5.51. The molecule has 0 unspecified atom stereocenters. The fourth-order valence-corrected chi connectivity index (χ4v) is 3.69. The number of thioether (sulfide) groups is 1. The van der Waals surface area contributed by atoms with E-state index in [1.54, 1.807) is 12.1 Å². The molecule has 0 amide bonds. The summed E-state index contributed by atoms with van der Waals surface area (Å²) in [7, 11) is 0. The zero-order valence-electron chi connectivity index (χ0n) is 13.4. The van der Waals surface area contributed by atoms with Crippen molar-refractivity contribution in [3.05, 3.63) is 70.6 Å². The summed E-state index contributed by atoms with van der Waals surface area (Å²) in [6.45, 7) is 6.04. The SMILES string of the molecule is C=CCc1cc(/C=C2/Sc3ccccc3C2=O)cc(OCC)c1O. The van der Waals surface area contributed by atoms with Crippen molar-refractivity contribution in [2.75, 3.05) is 6.61 Å². The third-order valence-corrected chi connectivity index (χ3v) is 4.81. The zero-order chi connectivity index (χ0) is 17.1. The van der Waals surface area contributed by atoms with E-state index in [-0.39, 0.29) is 11.5 Å². The van der Waals surface area contributed by atoms with E-state index in [4.69, 9.17) is 4.74 Å². The van der Waals surface area contributed by atoms with E-state index in [1.807, 2.05) is 43.3 Å². The lowest BCUT2D eigenvalue weighted by Gasteiger charge is -2.11. The lowest BCUT2D eigenvalue weighted by atomic mass is 10.0. The molecule has 1 aliphatic heterocycles. The van der Waals surface area contributed by atoms with Crippen molar-refractivity contribution in [2.45, 2.75) is 18.2 Å². The molecule has 3 nitrogen and oxygen atoms in total. The van der Waals surface area contributed by atoms with Crippen LogP contribution in [0.1, 0.15) is 28.4 Å². The maximum Gasteiger partial charge on any atom is 0.200 e. The maximum absolute atomic E-state index is 12.5. The molecule has 1 heterocycles. The van der Waals surface area contributed by atoms with Crippen LogP contribution in [0.15, 0.2) is 58.9 Å². The molecule has 2 aromatic carbocycles. The van der Waals surface area contributed by atoms with E-state index in [0.29, 0.717) is 23.7 Å². The predicted molar refractivity (Wildman–Crippen MR) is 97.8 cm³/mol. The first-order valence-electron chi connectivity index (χ1n) is 7.77. The van der Waals surface area contributed by atoms with E-state index >= 15 is 0 Å². The van der Waals surface area contributed by atoms with Gasteiger partial charge in [0.25, 0.3) is 0 Å². The number of aromatic hydroxyl groups is 1. The lowest BCUT2D eigenvalue weighted by molar-refractivity contribution is 0.104. The number of ether oxygens (including phenoxy) is 1. The summed E-state index contributed by atoms with van der Waals surface area (Å²) in [5.41, 5.74) is 2.30. The van der Waals surface area contributed by atoms with Gasteiger partial charge < -0.3 is 9.84 Å². The van der Waals surface area contributed by atoms with Crippen LogP contribution in [-0.2, 0) is 6.42 Å². The predicted octanol–water partition coefficient (Wildman–Crippen LogP) is 4.85. The highest BCUT2D eigenvalue weighted by Crippen LogP contribution is 2.41. The molecule has 1 N–H and O–H groups in total. The van der Waals surface area contributed by atoms with Crippen molar-refractivity contribution in [3.63, 3.8) is 0 Å². The highest BCUT2D eigenvalue weighted by Gasteiger charge is 2.25. The number of carbonyl (C=O) groups excluding carboxylic acids is 1. The molecule has 3 rings (SSSR count). The highest BCUT2D eigenvalue weighted by atomic mass is 32.2. The number of fused-ring (bicyclic) bond motifs is 1. The lowest BCUT2D eigenvalue weighted by Crippen LogP contribution is -1.97. The molecule has 0 saturated carbocycles. The van der Waals surface area contributed by atoms with Crippen LogP contribution in [-0.4, -0.2) is 17.5 Å². The molecule has 122 valence electrons. The average Bonchev–Trinajstić information content (AvgIpc) is 2.89. The van der Waals surface area contributed by atoms with Crippen molar-refractivity contribution < 1.29 is 14.6 Å². The quantitative estimate of drug-likeness (QED) is 0.625. The van der Waals surface area contributed by atoms with E-state index in [2.05, 4.69) is 6.58 Å². The monoisotopic (exact) mass is 338 g/mol. The minimum Gasteiger partial charge on any atom is -0.504 e. The van der Waals surface area contributed by atoms with Crippen LogP contribution in [0.2, 0.25) is 0 Å². The standard InChI is InChI=1S/C20H18O3S/c1-3-7-14-10-13(11-16(19(14)21)23-4-2)12-18-20(22)15-8-5-6-9-17(15)24-18/h3,5-6,8-12,21H,1,4,7H2,2H3/b18-12+. The molecule has 1 aliphatic rings. The molecule has 0 atom stereocenters. The molecule has 0 radical (unpaired) electrons. The number of ketones is 1. The van der Waals surface area contributed by atoms with Gasteiger partial charge in [-0.3, -0.25) is 4.79 Å². The summed E-state index contributed by atoms with van der Waals surface area (Å²) in [4.78, 5) is 14.2. The van der Waals surface area contributed by atoms with Crippen molar-refractivity contribution in [1.82, 2.24) is 0 Å². The third kappa shape index (κ3) is 3.10. The molecule has 0 aromatic heterocycles. The summed E-state index contributed by atoms with van der Waals surface area (Å²) in [6, 6.07) is 11.2. The van der Waals surface area contributed by atoms with Gasteiger partial charge in [0, 0.05) is 16.0 Å². The van der Waals surface area contributed by atoms with Crippen molar-refractivity contribution in [2.24, 2.45) is 0 Å². The minimum atomic E-state index is 0.0342. The van der Waals surface area contributed by atoms with Gasteiger partial charge in [-0.15, -0.1) is 6.58 Å². The fourth-order valence-electron chi connectivity index (χ4n) is 2.64. The average molecular weight is 338 g/mol. The second kappa shape index (κ2) is 6.97. The molecule has 0 saturated heterocycles. The molecule has 0 aliphatic carbocycles. The number of carbonyl (C=O) groups is 1. The molecule has 0 spiro atoms. The van der Waals surface area contributed by atoms with Gasteiger partial charge in [-0.25, -0.2) is 0 Å². The number of phenols is 1. The van der Waals surface area contributed by atoms with Gasteiger partial charge in [0.1, 0.15) is 0 Å². The first-order chi connectivity index (χ1) is 11.6. The number of allylic oxidation sites excluding steroid dienone is 2. The van der Waals surface area contributed by atoms with Crippen LogP contribution in [0.4, 0.5) is 0 Å². The molecular weight excluding hydrogens is 320 g/mol. The van der Waals surface area contributed by atoms with Crippen LogP contribution < -0.4 is 4.74 Å². The molecule has 2 aromatic rings. The fraction of sp³-hybridized carbons (Fsp3) is 0.150. The number of hydrogen-bond donors (Lipinski definition) is 1. The van der Waals surface area contributed by atoms with Gasteiger partial charge in [0.05, 0.1) is 11.5 Å². The molecular formula is C20H18O3S. The van der Waals surface area contributed by atoms with Gasteiger partial charge in [0.2, 0.25) is 5.78 Å². The summed E-state index contributed by atoms with van der Waals surface area (Å²) >= 11 is 1.47. The van der Waals surface area contributed by atoms with Crippen molar-refractivity contribution in [3.8, 4) is 11.5 Å². The summed E-state index contributed by atoms with van der Waals surface area (Å²) in [6.07, 6.45) is 4.11. The van der Waals surface area contributed by atoms with Gasteiger partial charge in [0.15, 0.2) is 11.5 Å². The first kappa shape index (κ1) is 16.4. The minimum absolute atomic E-state index is 0.0342. The number of hydrogen-bond acceptors (Lipinski definition) is 4. The second-order valence-corrected chi connectivity index (χ2v) is 6.47. The Bertz CT molecular complexity index is 837. The number of Topliss-reactive ketones (excluding diaryl/α,β-unsaturated/α-hetero) is 1. The number of rotatable bonds is 5. The third-order valence-electron chi connectivity index (χ3n) is 3.71. The van der Waals surface area contributed by atoms with E-state index in [9.17, 15) is 9.90 Å². The van der Waals surface area contributed by atoms with Gasteiger partial charge in [-0.2, -0.15) is 0 Å². The van der Waals surface area contributed by atoms with Crippen molar-refractivity contribution in [1.29, 1.82) is 0 Å². The molecule has 0 bridgehead atoms. The molecule has 24 heavy (non-hydrogen) atoms. The van der Waals surface area contributed by atoms with Crippen LogP contribution in [0, 0.1) is 0 Å². The number of benzene rings is 2. The van der Waals surface area contributed by atoms with Crippen molar-refractivity contribution >= 4 is 23.6 Å². The topological polar surface area (TPSA) is 46.5 Å². The van der Waals surface area contributed by atoms with Gasteiger partial charge in [-0.05, 0) is 49.2 Å². The van der Waals surface area contributed by atoms with E-state index in [0.717, 1.165) is 21.6 Å². The number of phenolic OH excluding ortho intramolecular Hbond substituents is 1. The first-order valence-corrected chi connectivity index (χ1v) is 8.58. The Morgan fingerprint density at radius 2 is 2.08 bits per heavy atom. The molecule has 0 fully saturated rings. The maximum atomic E-state index is 12.5. The Labute approximate surface area is 145 Å². The van der Waals surface area contributed by atoms with Crippen LogP contribution >= 0.6 is 11.8 Å². The normalized spacial score (nSPS) is 14.7. The van der Waals surface area contributed by atoms with E-state index in [1.165, 1.54) is 11.8 Å². The Kier molecular flexibility index (Phi) is 4.76.